The average Bonchev–Trinajstić information content (AvgIpc) is 3.14. The monoisotopic (exact) mass is 508 g/mol. The van der Waals surface area contributed by atoms with Crippen molar-refractivity contribution in [2.75, 3.05) is 6.54 Å². The number of fused-ring (bicyclic) bond motifs is 1. The number of alkyl halides is 3. The molecule has 4 rings (SSSR count). The molecule has 36 heavy (non-hydrogen) atoms. The predicted octanol–water partition coefficient (Wildman–Crippen LogP) is 2.22. The van der Waals surface area contributed by atoms with Crippen LogP contribution in [0.15, 0.2) is 29.5 Å². The van der Waals surface area contributed by atoms with Crippen molar-refractivity contribution >= 4 is 22.7 Å². The van der Waals surface area contributed by atoms with Crippen molar-refractivity contribution in [3.8, 4) is 0 Å². The van der Waals surface area contributed by atoms with Crippen LogP contribution in [0.1, 0.15) is 52.0 Å². The van der Waals surface area contributed by atoms with E-state index in [2.05, 4.69) is 34.5 Å². The molecule has 1 aliphatic carbocycles. The van der Waals surface area contributed by atoms with Crippen molar-refractivity contribution in [2.45, 2.75) is 82.8 Å². The van der Waals surface area contributed by atoms with Crippen LogP contribution in [-0.4, -0.2) is 68.4 Å². The Labute approximate surface area is 206 Å². The van der Waals surface area contributed by atoms with Gasteiger partial charge in [-0.25, -0.2) is 4.98 Å². The molecule has 1 saturated carbocycles. The summed E-state index contributed by atoms with van der Waals surface area (Å²) in [6.07, 6.45) is -0.904. The summed E-state index contributed by atoms with van der Waals surface area (Å²) >= 11 is 0. The van der Waals surface area contributed by atoms with Crippen molar-refractivity contribution in [2.24, 2.45) is 4.99 Å². The van der Waals surface area contributed by atoms with Gasteiger partial charge in [-0.1, -0.05) is 13.8 Å². The number of nitrogens with zero attached hydrogens (tertiary/aromatic N) is 4. The molecular formula is C24H31F3N6O3. The number of rotatable bonds is 5. The topological polar surface area (TPSA) is 112 Å². The van der Waals surface area contributed by atoms with Gasteiger partial charge in [-0.3, -0.25) is 14.6 Å². The second-order valence-electron chi connectivity index (χ2n) is 9.81. The van der Waals surface area contributed by atoms with E-state index in [0.29, 0.717) is 36.6 Å². The van der Waals surface area contributed by atoms with Crippen molar-refractivity contribution in [1.82, 2.24) is 25.2 Å². The quantitative estimate of drug-likeness (QED) is 0.537. The summed E-state index contributed by atoms with van der Waals surface area (Å²) in [7, 11) is 0. The first-order valence-corrected chi connectivity index (χ1v) is 12.1. The number of nitrogens with one attached hydrogen (secondary N) is 2. The number of halogens is 3. The van der Waals surface area contributed by atoms with E-state index in [1.807, 2.05) is 0 Å². The fraction of sp³-hybridized carbons (Fsp3) is 0.583. The van der Waals surface area contributed by atoms with Crippen molar-refractivity contribution in [3.05, 3.63) is 35.6 Å². The van der Waals surface area contributed by atoms with Crippen molar-refractivity contribution in [3.63, 3.8) is 0 Å². The smallest absolute Gasteiger partial charge is 0.416 e. The third-order valence-corrected chi connectivity index (χ3v) is 6.76. The third kappa shape index (κ3) is 5.48. The molecule has 4 atom stereocenters. The molecule has 1 aromatic carbocycles. The summed E-state index contributed by atoms with van der Waals surface area (Å²) < 4.78 is 40.5. The Morgan fingerprint density at radius 3 is 2.67 bits per heavy atom. The molecule has 3 N–H and O–H groups in total. The summed E-state index contributed by atoms with van der Waals surface area (Å²) in [6, 6.07) is 2.19. The molecule has 1 aromatic heterocycles. The first kappa shape index (κ1) is 25.9. The number of hydrogen-bond donors (Lipinski definition) is 3. The molecule has 0 spiro atoms. The van der Waals surface area contributed by atoms with Gasteiger partial charge in [0.2, 0.25) is 11.8 Å². The van der Waals surface area contributed by atoms with Gasteiger partial charge in [0.1, 0.15) is 12.4 Å². The van der Waals surface area contributed by atoms with E-state index in [4.69, 9.17) is 0 Å². The van der Waals surface area contributed by atoms with Crippen LogP contribution >= 0.6 is 0 Å². The molecule has 12 heteroatoms. The highest BCUT2D eigenvalue weighted by Gasteiger charge is 2.42. The molecule has 2 fully saturated rings. The van der Waals surface area contributed by atoms with E-state index in [1.54, 1.807) is 4.90 Å². The maximum Gasteiger partial charge on any atom is 0.416 e. The van der Waals surface area contributed by atoms with Gasteiger partial charge >= 0.3 is 6.18 Å². The van der Waals surface area contributed by atoms with Crippen LogP contribution in [0.2, 0.25) is 0 Å². The van der Waals surface area contributed by atoms with E-state index in [0.717, 1.165) is 30.9 Å². The summed E-state index contributed by atoms with van der Waals surface area (Å²) in [5, 5.41) is 16.5. The van der Waals surface area contributed by atoms with Gasteiger partial charge in [-0.05, 0) is 43.9 Å². The second kappa shape index (κ2) is 10.1. The van der Waals surface area contributed by atoms with Gasteiger partial charge < -0.3 is 20.7 Å². The summed E-state index contributed by atoms with van der Waals surface area (Å²) in [5.41, 5.74) is -0.839. The lowest BCUT2D eigenvalue weighted by Crippen LogP contribution is -2.58. The Bertz CT molecular complexity index is 1210. The second-order valence-corrected chi connectivity index (χ2v) is 9.81. The van der Waals surface area contributed by atoms with Crippen LogP contribution in [0.25, 0.3) is 10.9 Å². The predicted molar refractivity (Wildman–Crippen MR) is 125 cm³/mol. The number of likely N-dealkylation sites (tertiary alicyclic amines) is 1. The fourth-order valence-corrected chi connectivity index (χ4v) is 5.28. The van der Waals surface area contributed by atoms with Gasteiger partial charge in [0.25, 0.3) is 0 Å². The zero-order valence-corrected chi connectivity index (χ0v) is 20.4. The van der Waals surface area contributed by atoms with Crippen molar-refractivity contribution in [1.29, 1.82) is 0 Å². The van der Waals surface area contributed by atoms with E-state index in [-0.39, 0.29) is 46.3 Å². The molecule has 196 valence electrons. The zero-order chi connectivity index (χ0) is 26.2. The normalized spacial score (nSPS) is 25.7. The largest absolute Gasteiger partial charge is 0.427 e. The lowest BCUT2D eigenvalue weighted by Gasteiger charge is -2.42. The Hall–Kier alpha value is -3.15. The number of carbonyl (C=O) groups excluding carboxylic acids is 2. The van der Waals surface area contributed by atoms with Gasteiger partial charge in [0.15, 0.2) is 5.49 Å². The maximum atomic E-state index is 13.4. The minimum atomic E-state index is -4.58. The lowest BCUT2D eigenvalue weighted by molar-refractivity contribution is -0.137. The van der Waals surface area contributed by atoms with Gasteiger partial charge in [0, 0.05) is 30.9 Å². The molecule has 1 saturated heterocycles. The fourth-order valence-electron chi connectivity index (χ4n) is 5.28. The Kier molecular flexibility index (Phi) is 7.26. The molecule has 9 nitrogen and oxygen atoms in total. The van der Waals surface area contributed by atoms with Gasteiger partial charge in [-0.2, -0.15) is 17.9 Å². The molecular weight excluding hydrogens is 477 g/mol. The highest BCUT2D eigenvalue weighted by Crippen LogP contribution is 2.31. The van der Waals surface area contributed by atoms with E-state index < -0.39 is 17.8 Å². The van der Waals surface area contributed by atoms with E-state index >= 15 is 0 Å². The van der Waals surface area contributed by atoms with Crippen LogP contribution in [0, 0.1) is 0 Å². The molecule has 2 amide bonds. The average molecular weight is 509 g/mol. The van der Waals surface area contributed by atoms with Crippen LogP contribution in [-0.2, 0) is 15.8 Å². The first-order valence-electron chi connectivity index (χ1n) is 12.1. The summed E-state index contributed by atoms with van der Waals surface area (Å²) in [6.45, 7) is 6.00. The molecule has 1 aliphatic heterocycles. The standard InChI is InChI=1S/C24H31F3N6O3/c1-13(2)29-16-5-7-21(19(11-16)30-14(3)34)32-9-8-18(23(32)35)31-22-17-10-15(24(25,26)27)4-6-20(17)33(36)12-28-22/h4,6,10,12-13,16,18-19,21,29,36H,5,7-9,11H2,1-3H3,(H,30,34)/t16?,18?,19-,21?/m1/s1. The van der Waals surface area contributed by atoms with Crippen LogP contribution in [0.3, 0.4) is 0 Å². The van der Waals surface area contributed by atoms with Crippen LogP contribution in [0.4, 0.5) is 13.2 Å². The highest BCUT2D eigenvalue weighted by atomic mass is 19.4. The summed E-state index contributed by atoms with van der Waals surface area (Å²) in [4.78, 5) is 35.4. The molecule has 3 unspecified atom stereocenters. The number of carbonyl (C=O) groups is 2. The highest BCUT2D eigenvalue weighted by molar-refractivity contribution is 5.85. The lowest BCUT2D eigenvalue weighted by atomic mass is 9.85. The minimum absolute atomic E-state index is 0.00235. The zero-order valence-electron chi connectivity index (χ0n) is 20.4. The molecule has 2 aliphatic rings. The third-order valence-electron chi connectivity index (χ3n) is 6.76. The van der Waals surface area contributed by atoms with Crippen LogP contribution < -0.4 is 16.1 Å². The van der Waals surface area contributed by atoms with Crippen molar-refractivity contribution < 1.29 is 28.0 Å². The number of amides is 2. The first-order chi connectivity index (χ1) is 16.9. The van der Waals surface area contributed by atoms with Gasteiger partial charge in [0.05, 0.1) is 23.2 Å². The van der Waals surface area contributed by atoms with Gasteiger partial charge in [-0.15, -0.1) is 0 Å². The summed E-state index contributed by atoms with van der Waals surface area (Å²) in [5.74, 6) is -0.408. The van der Waals surface area contributed by atoms with Crippen LogP contribution in [0.5, 0.6) is 0 Å². The Balaban J connectivity index is 1.61. The molecule has 0 bridgehead atoms. The van der Waals surface area contributed by atoms with E-state index in [9.17, 15) is 28.0 Å². The number of hydrogen-bond acceptors (Lipinski definition) is 6. The maximum absolute atomic E-state index is 13.4. The molecule has 0 radical (unpaired) electrons. The SMILES string of the molecule is CC(=O)N[C@@H]1CC(NC(C)C)CCC1N1CCC(N=c2ncn(O)c3ccc(C(F)(F)F)cc23)C1=O. The Morgan fingerprint density at radius 1 is 1.25 bits per heavy atom. The number of aromatic nitrogens is 2. The molecule has 2 heterocycles. The number of benzene rings is 1. The Morgan fingerprint density at radius 2 is 2.00 bits per heavy atom. The molecule has 2 aromatic rings. The van der Waals surface area contributed by atoms with E-state index in [1.165, 1.54) is 6.92 Å². The minimum Gasteiger partial charge on any atom is -0.427 e.